The summed E-state index contributed by atoms with van der Waals surface area (Å²) in [6.07, 6.45) is 5.53. The van der Waals surface area contributed by atoms with E-state index in [0.29, 0.717) is 23.0 Å². The third-order valence-electron chi connectivity index (χ3n) is 8.84. The van der Waals surface area contributed by atoms with Gasteiger partial charge >= 0.3 is 0 Å². The molecule has 0 aromatic carbocycles. The fraction of sp³-hybridized carbons (Fsp3) is 1.00. The molecule has 3 unspecified atom stereocenters. The summed E-state index contributed by atoms with van der Waals surface area (Å²) in [4.78, 5) is 11.1. The molecule has 0 radical (unpaired) electrons. The molecule has 162 valence electrons. The lowest BCUT2D eigenvalue weighted by molar-refractivity contribution is -0.0805. The summed E-state index contributed by atoms with van der Waals surface area (Å²) in [7, 11) is 0. The summed E-state index contributed by atoms with van der Waals surface area (Å²) < 4.78 is 0. The van der Waals surface area contributed by atoms with Crippen LogP contribution in [0.1, 0.15) is 74.1 Å². The van der Waals surface area contributed by atoms with Gasteiger partial charge in [0.15, 0.2) is 0 Å². The molecular weight excluding hydrogens is 344 g/mol. The van der Waals surface area contributed by atoms with Crippen LogP contribution >= 0.6 is 0 Å². The van der Waals surface area contributed by atoms with Gasteiger partial charge in [-0.1, -0.05) is 0 Å². The van der Waals surface area contributed by atoms with Crippen LogP contribution in [0.15, 0.2) is 0 Å². The summed E-state index contributed by atoms with van der Waals surface area (Å²) in [5, 5.41) is 0. The van der Waals surface area contributed by atoms with Crippen molar-refractivity contribution in [3.63, 3.8) is 0 Å². The van der Waals surface area contributed by atoms with Crippen molar-refractivity contribution in [1.82, 2.24) is 19.6 Å². The number of fused-ring (bicyclic) bond motifs is 2. The molecule has 4 nitrogen and oxygen atoms in total. The molecule has 4 heterocycles. The van der Waals surface area contributed by atoms with E-state index in [0.717, 1.165) is 18.1 Å². The zero-order valence-corrected chi connectivity index (χ0v) is 19.7. The molecule has 0 amide bonds. The average molecular weight is 391 g/mol. The van der Waals surface area contributed by atoms with E-state index in [1.54, 1.807) is 0 Å². The highest BCUT2D eigenvalue weighted by Gasteiger charge is 2.49. The molecule has 28 heavy (non-hydrogen) atoms. The Kier molecular flexibility index (Phi) is 5.66. The Morgan fingerprint density at radius 1 is 0.857 bits per heavy atom. The Bertz CT molecular complexity index is 541. The molecule has 3 atom stereocenters. The minimum Gasteiger partial charge on any atom is -0.300 e. The van der Waals surface area contributed by atoms with Gasteiger partial charge in [-0.25, -0.2) is 0 Å². The summed E-state index contributed by atoms with van der Waals surface area (Å²) in [5.41, 5.74) is 0.971. The minimum atomic E-state index is 0.322. The molecule has 4 rings (SSSR count). The molecule has 0 aromatic rings. The molecule has 0 saturated carbocycles. The van der Waals surface area contributed by atoms with E-state index >= 15 is 0 Å². The molecule has 1 spiro atoms. The van der Waals surface area contributed by atoms with Gasteiger partial charge in [-0.15, -0.1) is 0 Å². The fourth-order valence-corrected chi connectivity index (χ4v) is 6.95. The number of hydrogen-bond acceptors (Lipinski definition) is 4. The lowest BCUT2D eigenvalue weighted by Gasteiger charge is -2.57. The van der Waals surface area contributed by atoms with Crippen LogP contribution in [0.3, 0.4) is 0 Å². The zero-order valence-electron chi connectivity index (χ0n) is 19.7. The van der Waals surface area contributed by atoms with Crippen molar-refractivity contribution in [2.24, 2.45) is 5.41 Å². The number of rotatable bonds is 6. The van der Waals surface area contributed by atoms with E-state index in [2.05, 4.69) is 68.1 Å². The van der Waals surface area contributed by atoms with Crippen LogP contribution in [0.5, 0.6) is 0 Å². The predicted molar refractivity (Wildman–Crippen MR) is 119 cm³/mol. The lowest BCUT2D eigenvalue weighted by Crippen LogP contribution is -2.64. The first-order chi connectivity index (χ1) is 13.1. The van der Waals surface area contributed by atoms with Gasteiger partial charge in [-0.3, -0.25) is 19.6 Å². The first-order valence-corrected chi connectivity index (χ1v) is 12.1. The molecule has 0 aromatic heterocycles. The standard InChI is InChI=1S/C24H46N4/c1-18(2)25-16-24(17-25)8-10-26(11-9-24)23(6,7)13-20(5)28-15-21-12-22(28)14-27(21)19(3)4/h18-22H,8-17H2,1-7H3. The Labute approximate surface area is 174 Å². The summed E-state index contributed by atoms with van der Waals surface area (Å²) in [5.74, 6) is 0. The SMILES string of the molecule is CC(C)N1CC2(CCN(C(C)(C)CC(C)N3CC4CC3CN4C(C)C)CC2)C1. The van der Waals surface area contributed by atoms with E-state index in [-0.39, 0.29) is 0 Å². The topological polar surface area (TPSA) is 13.0 Å². The smallest absolute Gasteiger partial charge is 0.0242 e. The Morgan fingerprint density at radius 2 is 1.43 bits per heavy atom. The molecule has 4 fully saturated rings. The van der Waals surface area contributed by atoms with Crippen LogP contribution in [-0.2, 0) is 0 Å². The Balaban J connectivity index is 1.27. The first-order valence-electron chi connectivity index (χ1n) is 12.1. The van der Waals surface area contributed by atoms with Crippen molar-refractivity contribution < 1.29 is 0 Å². The van der Waals surface area contributed by atoms with Crippen molar-refractivity contribution in [3.8, 4) is 0 Å². The molecule has 4 saturated heterocycles. The van der Waals surface area contributed by atoms with Crippen LogP contribution in [0.4, 0.5) is 0 Å². The fourth-order valence-electron chi connectivity index (χ4n) is 6.95. The van der Waals surface area contributed by atoms with Gasteiger partial charge in [-0.05, 0) is 92.7 Å². The molecule has 4 aliphatic heterocycles. The van der Waals surface area contributed by atoms with Gasteiger partial charge in [0.25, 0.3) is 0 Å². The monoisotopic (exact) mass is 390 g/mol. The van der Waals surface area contributed by atoms with E-state index in [9.17, 15) is 0 Å². The minimum absolute atomic E-state index is 0.322. The van der Waals surface area contributed by atoms with Crippen molar-refractivity contribution >= 4 is 0 Å². The lowest BCUT2D eigenvalue weighted by atomic mass is 9.70. The normalized spacial score (nSPS) is 33.3. The maximum Gasteiger partial charge on any atom is 0.0242 e. The van der Waals surface area contributed by atoms with Crippen molar-refractivity contribution in [2.45, 2.75) is 110 Å². The second-order valence-corrected chi connectivity index (χ2v) is 11.9. The summed E-state index contributed by atoms with van der Waals surface area (Å²) in [6.45, 7) is 24.8. The van der Waals surface area contributed by atoms with Crippen molar-refractivity contribution in [2.75, 3.05) is 39.3 Å². The highest BCUT2D eigenvalue weighted by atomic mass is 15.4. The second kappa shape index (κ2) is 7.51. The maximum absolute atomic E-state index is 2.85. The number of piperidine rings is 1. The number of nitrogens with zero attached hydrogens (tertiary/aromatic N) is 4. The van der Waals surface area contributed by atoms with Gasteiger partial charge in [-0.2, -0.15) is 0 Å². The van der Waals surface area contributed by atoms with Crippen LogP contribution < -0.4 is 0 Å². The van der Waals surface area contributed by atoms with Crippen LogP contribution in [0, 0.1) is 5.41 Å². The molecular formula is C24H46N4. The van der Waals surface area contributed by atoms with E-state index in [4.69, 9.17) is 0 Å². The molecule has 4 heteroatoms. The predicted octanol–water partition coefficient (Wildman–Crippen LogP) is 3.52. The first kappa shape index (κ1) is 21.1. The second-order valence-electron chi connectivity index (χ2n) is 11.9. The molecule has 2 bridgehead atoms. The maximum atomic E-state index is 2.85. The zero-order chi connectivity index (χ0) is 20.3. The average Bonchev–Trinajstić information content (AvgIpc) is 3.20. The number of likely N-dealkylation sites (tertiary alicyclic amines) is 4. The van der Waals surface area contributed by atoms with E-state index in [1.807, 2.05) is 0 Å². The van der Waals surface area contributed by atoms with Crippen LogP contribution in [-0.4, -0.2) is 94.6 Å². The van der Waals surface area contributed by atoms with Gasteiger partial charge in [0.1, 0.15) is 0 Å². The van der Waals surface area contributed by atoms with Gasteiger partial charge in [0, 0.05) is 61.9 Å². The Morgan fingerprint density at radius 3 is 1.93 bits per heavy atom. The third kappa shape index (κ3) is 3.79. The van der Waals surface area contributed by atoms with E-state index < -0.39 is 0 Å². The quantitative estimate of drug-likeness (QED) is 0.688. The largest absolute Gasteiger partial charge is 0.300 e. The van der Waals surface area contributed by atoms with Crippen LogP contribution in [0.25, 0.3) is 0 Å². The molecule has 0 aliphatic carbocycles. The highest BCUT2D eigenvalue weighted by molar-refractivity contribution is 5.04. The van der Waals surface area contributed by atoms with Gasteiger partial charge in [0.05, 0.1) is 0 Å². The van der Waals surface area contributed by atoms with Gasteiger partial charge in [0.2, 0.25) is 0 Å². The summed E-state index contributed by atoms with van der Waals surface area (Å²) in [6, 6.07) is 3.76. The summed E-state index contributed by atoms with van der Waals surface area (Å²) >= 11 is 0. The van der Waals surface area contributed by atoms with Gasteiger partial charge < -0.3 is 0 Å². The van der Waals surface area contributed by atoms with Crippen LogP contribution in [0.2, 0.25) is 0 Å². The number of hydrogen-bond donors (Lipinski definition) is 0. The molecule has 4 aliphatic rings. The molecule has 0 N–H and O–H groups in total. The highest BCUT2D eigenvalue weighted by Crippen LogP contribution is 2.43. The van der Waals surface area contributed by atoms with Crippen molar-refractivity contribution in [1.29, 1.82) is 0 Å². The third-order valence-corrected chi connectivity index (χ3v) is 8.84. The Hall–Kier alpha value is -0.160. The number of piperazine rings is 1. The van der Waals surface area contributed by atoms with E-state index in [1.165, 1.54) is 65.0 Å². The van der Waals surface area contributed by atoms with Crippen molar-refractivity contribution in [3.05, 3.63) is 0 Å².